The predicted octanol–water partition coefficient (Wildman–Crippen LogP) is 3.24. The van der Waals surface area contributed by atoms with E-state index in [1.54, 1.807) is 31.4 Å². The van der Waals surface area contributed by atoms with Crippen LogP contribution in [0.15, 0.2) is 48.5 Å². The van der Waals surface area contributed by atoms with Gasteiger partial charge in [0.25, 0.3) is 0 Å². The molecule has 25 heavy (non-hydrogen) atoms. The quantitative estimate of drug-likeness (QED) is 0.751. The Morgan fingerprint density at radius 1 is 0.960 bits per heavy atom. The summed E-state index contributed by atoms with van der Waals surface area (Å²) in [6, 6.07) is 14.2. The normalized spacial score (nSPS) is 9.84. The molecule has 0 aliphatic heterocycles. The molecule has 7 nitrogen and oxygen atoms in total. The lowest BCUT2D eigenvalue weighted by Gasteiger charge is -2.10. The Hall–Kier alpha value is -3.22. The fourth-order valence-electron chi connectivity index (χ4n) is 2.13. The number of carbonyl (C=O) groups excluding carboxylic acids is 2. The number of nitrogens with one attached hydrogen (secondary N) is 3. The second kappa shape index (κ2) is 9.17. The van der Waals surface area contributed by atoms with Crippen LogP contribution in [0.1, 0.15) is 5.56 Å². The first kappa shape index (κ1) is 18.1. The van der Waals surface area contributed by atoms with E-state index in [1.165, 1.54) is 7.11 Å². The number of anilines is 2. The van der Waals surface area contributed by atoms with E-state index in [-0.39, 0.29) is 6.03 Å². The zero-order valence-corrected chi connectivity index (χ0v) is 14.2. The van der Waals surface area contributed by atoms with Crippen LogP contribution in [-0.4, -0.2) is 32.9 Å². The predicted molar refractivity (Wildman–Crippen MR) is 96.2 cm³/mol. The molecule has 132 valence electrons. The lowest BCUT2D eigenvalue weighted by atomic mass is 10.1. The largest absolute Gasteiger partial charge is 0.497 e. The van der Waals surface area contributed by atoms with Crippen molar-refractivity contribution in [3.63, 3.8) is 0 Å². The van der Waals surface area contributed by atoms with Crippen LogP contribution in [0, 0.1) is 0 Å². The first-order valence-electron chi connectivity index (χ1n) is 7.73. The van der Waals surface area contributed by atoms with Gasteiger partial charge in [-0.25, -0.2) is 9.59 Å². The maximum atomic E-state index is 11.9. The van der Waals surface area contributed by atoms with E-state index >= 15 is 0 Å². The molecule has 0 radical (unpaired) electrons. The Labute approximate surface area is 146 Å². The van der Waals surface area contributed by atoms with Crippen LogP contribution >= 0.6 is 0 Å². The Balaban J connectivity index is 1.79. The van der Waals surface area contributed by atoms with Gasteiger partial charge in [-0.1, -0.05) is 18.2 Å². The molecule has 2 aromatic carbocycles. The molecule has 0 fully saturated rings. The van der Waals surface area contributed by atoms with Crippen molar-refractivity contribution >= 4 is 23.5 Å². The molecule has 0 atom stereocenters. The van der Waals surface area contributed by atoms with Gasteiger partial charge in [0.05, 0.1) is 14.2 Å². The van der Waals surface area contributed by atoms with Crippen LogP contribution < -0.4 is 20.7 Å². The van der Waals surface area contributed by atoms with Crippen molar-refractivity contribution in [3.8, 4) is 5.75 Å². The zero-order chi connectivity index (χ0) is 18.1. The van der Waals surface area contributed by atoms with Gasteiger partial charge < -0.3 is 20.1 Å². The van der Waals surface area contributed by atoms with Crippen molar-refractivity contribution in [2.75, 3.05) is 31.4 Å². The molecule has 2 rings (SSSR count). The van der Waals surface area contributed by atoms with Crippen molar-refractivity contribution in [1.82, 2.24) is 5.32 Å². The van der Waals surface area contributed by atoms with E-state index in [0.717, 1.165) is 11.3 Å². The number of hydrogen-bond donors (Lipinski definition) is 3. The molecular formula is C18H21N3O4. The van der Waals surface area contributed by atoms with Crippen LogP contribution in [0.3, 0.4) is 0 Å². The van der Waals surface area contributed by atoms with E-state index in [1.807, 2.05) is 24.3 Å². The van der Waals surface area contributed by atoms with Gasteiger partial charge in [0.2, 0.25) is 0 Å². The molecular weight excluding hydrogens is 322 g/mol. The highest BCUT2D eigenvalue weighted by atomic mass is 16.5. The lowest BCUT2D eigenvalue weighted by Crippen LogP contribution is -2.30. The number of hydrogen-bond acceptors (Lipinski definition) is 4. The average Bonchev–Trinajstić information content (AvgIpc) is 2.62. The summed E-state index contributed by atoms with van der Waals surface area (Å²) in [5, 5.41) is 8.04. The van der Waals surface area contributed by atoms with Crippen LogP contribution in [-0.2, 0) is 11.2 Å². The molecule has 0 aliphatic carbocycles. The summed E-state index contributed by atoms with van der Waals surface area (Å²) in [5.41, 5.74) is 2.20. The maximum Gasteiger partial charge on any atom is 0.411 e. The Morgan fingerprint density at radius 2 is 1.64 bits per heavy atom. The van der Waals surface area contributed by atoms with Gasteiger partial charge in [-0.05, 0) is 42.3 Å². The Morgan fingerprint density at radius 3 is 2.28 bits per heavy atom. The summed E-state index contributed by atoms with van der Waals surface area (Å²) < 4.78 is 9.63. The number of ether oxygens (including phenoxy) is 2. The summed E-state index contributed by atoms with van der Waals surface area (Å²) in [6.07, 6.45) is 0.141. The van der Waals surface area contributed by atoms with Crippen LogP contribution in [0.5, 0.6) is 5.75 Å². The van der Waals surface area contributed by atoms with E-state index in [2.05, 4.69) is 20.7 Å². The van der Waals surface area contributed by atoms with E-state index < -0.39 is 6.09 Å². The van der Waals surface area contributed by atoms with E-state index in [0.29, 0.717) is 24.3 Å². The van der Waals surface area contributed by atoms with Crippen LogP contribution in [0.4, 0.5) is 21.0 Å². The molecule has 3 N–H and O–H groups in total. The second-order valence-electron chi connectivity index (χ2n) is 5.18. The summed E-state index contributed by atoms with van der Waals surface area (Å²) in [5.74, 6) is 0.801. The molecule has 0 aliphatic rings. The highest BCUT2D eigenvalue weighted by Crippen LogP contribution is 2.15. The topological polar surface area (TPSA) is 88.7 Å². The van der Waals surface area contributed by atoms with E-state index in [4.69, 9.17) is 4.74 Å². The summed E-state index contributed by atoms with van der Waals surface area (Å²) >= 11 is 0. The average molecular weight is 343 g/mol. The minimum atomic E-state index is -0.568. The Bertz CT molecular complexity index is 717. The molecule has 7 heteroatoms. The first-order chi connectivity index (χ1) is 12.1. The standard InChI is InChI=1S/C18H21N3O4/c1-24-16-8-6-13(7-9-16)10-11-19-17(22)20-14-4-3-5-15(12-14)21-18(23)25-2/h3-9,12H,10-11H2,1-2H3,(H,21,23)(H2,19,20,22). The minimum Gasteiger partial charge on any atom is -0.497 e. The zero-order valence-electron chi connectivity index (χ0n) is 14.2. The summed E-state index contributed by atoms with van der Waals surface area (Å²) in [7, 11) is 2.91. The molecule has 0 bridgehead atoms. The highest BCUT2D eigenvalue weighted by molar-refractivity contribution is 5.91. The monoisotopic (exact) mass is 343 g/mol. The molecule has 0 aromatic heterocycles. The van der Waals surface area contributed by atoms with Crippen molar-refractivity contribution in [2.45, 2.75) is 6.42 Å². The number of carbonyl (C=O) groups is 2. The summed E-state index contributed by atoms with van der Waals surface area (Å²) in [4.78, 5) is 23.1. The highest BCUT2D eigenvalue weighted by Gasteiger charge is 2.04. The van der Waals surface area contributed by atoms with Crippen LogP contribution in [0.2, 0.25) is 0 Å². The lowest BCUT2D eigenvalue weighted by molar-refractivity contribution is 0.187. The number of rotatable bonds is 6. The third-order valence-corrected chi connectivity index (χ3v) is 3.41. The second-order valence-corrected chi connectivity index (χ2v) is 5.18. The molecule has 2 aromatic rings. The van der Waals surface area contributed by atoms with E-state index in [9.17, 15) is 9.59 Å². The van der Waals surface area contributed by atoms with Gasteiger partial charge in [0, 0.05) is 17.9 Å². The van der Waals surface area contributed by atoms with Gasteiger partial charge >= 0.3 is 12.1 Å². The van der Waals surface area contributed by atoms with Crippen molar-refractivity contribution in [2.24, 2.45) is 0 Å². The molecule has 0 saturated heterocycles. The van der Waals surface area contributed by atoms with Crippen molar-refractivity contribution in [3.05, 3.63) is 54.1 Å². The van der Waals surface area contributed by atoms with Crippen molar-refractivity contribution in [1.29, 1.82) is 0 Å². The first-order valence-corrected chi connectivity index (χ1v) is 7.73. The molecule has 3 amide bonds. The number of amides is 3. The van der Waals surface area contributed by atoms with Gasteiger partial charge in [-0.2, -0.15) is 0 Å². The van der Waals surface area contributed by atoms with Gasteiger partial charge in [0.1, 0.15) is 5.75 Å². The van der Waals surface area contributed by atoms with Crippen LogP contribution in [0.25, 0.3) is 0 Å². The van der Waals surface area contributed by atoms with Gasteiger partial charge in [-0.3, -0.25) is 5.32 Å². The third-order valence-electron chi connectivity index (χ3n) is 3.41. The summed E-state index contributed by atoms with van der Waals surface area (Å²) in [6.45, 7) is 0.498. The number of methoxy groups -OCH3 is 2. The fraction of sp³-hybridized carbons (Fsp3) is 0.222. The van der Waals surface area contributed by atoms with Crippen molar-refractivity contribution < 1.29 is 19.1 Å². The van der Waals surface area contributed by atoms with Gasteiger partial charge in [-0.15, -0.1) is 0 Å². The molecule has 0 saturated carbocycles. The minimum absolute atomic E-state index is 0.316. The molecule has 0 heterocycles. The smallest absolute Gasteiger partial charge is 0.411 e. The maximum absolute atomic E-state index is 11.9. The van der Waals surface area contributed by atoms with Gasteiger partial charge in [0.15, 0.2) is 0 Å². The number of urea groups is 1. The fourth-order valence-corrected chi connectivity index (χ4v) is 2.13. The molecule has 0 spiro atoms. The molecule has 0 unspecified atom stereocenters. The Kier molecular flexibility index (Phi) is 6.65. The third kappa shape index (κ3) is 6.06. The SMILES string of the molecule is COC(=O)Nc1cccc(NC(=O)NCCc2ccc(OC)cc2)c1. The number of benzene rings is 2.